The SMILES string of the molecule is CCOC(=O)C(=O)c1cc(C)c(Cl)c(C)c1OC. The molecule has 0 N–H and O–H groups in total. The molecule has 0 saturated carbocycles. The lowest BCUT2D eigenvalue weighted by molar-refractivity contribution is -0.137. The first-order valence-corrected chi connectivity index (χ1v) is 5.86. The Hall–Kier alpha value is -1.55. The summed E-state index contributed by atoms with van der Waals surface area (Å²) in [5.74, 6) is -1.31. The molecule has 0 bridgehead atoms. The molecule has 0 radical (unpaired) electrons. The number of esters is 1. The van der Waals surface area contributed by atoms with Crippen LogP contribution in [0, 0.1) is 13.8 Å². The fourth-order valence-corrected chi connectivity index (χ4v) is 1.82. The molecular formula is C13H15ClO4. The summed E-state index contributed by atoms with van der Waals surface area (Å²) >= 11 is 6.07. The number of halogens is 1. The Balaban J connectivity index is 3.32. The number of benzene rings is 1. The van der Waals surface area contributed by atoms with Crippen molar-refractivity contribution in [3.05, 3.63) is 27.8 Å². The Morgan fingerprint density at radius 2 is 1.94 bits per heavy atom. The van der Waals surface area contributed by atoms with Crippen LogP contribution in [-0.2, 0) is 9.53 Å². The van der Waals surface area contributed by atoms with Gasteiger partial charge in [0.1, 0.15) is 5.75 Å². The first-order chi connectivity index (χ1) is 8.43. The molecule has 18 heavy (non-hydrogen) atoms. The summed E-state index contributed by atoms with van der Waals surface area (Å²) in [6, 6.07) is 1.54. The zero-order valence-electron chi connectivity index (χ0n) is 10.8. The van der Waals surface area contributed by atoms with Crippen molar-refractivity contribution in [3.63, 3.8) is 0 Å². The Bertz CT molecular complexity index is 494. The van der Waals surface area contributed by atoms with Gasteiger partial charge in [0.05, 0.1) is 24.3 Å². The number of carbonyl (C=O) groups excluding carboxylic acids is 2. The summed E-state index contributed by atoms with van der Waals surface area (Å²) in [6.07, 6.45) is 0. The van der Waals surface area contributed by atoms with Crippen molar-refractivity contribution in [2.45, 2.75) is 20.8 Å². The van der Waals surface area contributed by atoms with Crippen molar-refractivity contribution in [3.8, 4) is 5.75 Å². The largest absolute Gasteiger partial charge is 0.496 e. The van der Waals surface area contributed by atoms with Gasteiger partial charge in [0.2, 0.25) is 0 Å². The van der Waals surface area contributed by atoms with Crippen LogP contribution >= 0.6 is 11.6 Å². The normalized spacial score (nSPS) is 10.1. The van der Waals surface area contributed by atoms with Crippen LogP contribution in [0.5, 0.6) is 5.75 Å². The molecule has 4 nitrogen and oxygen atoms in total. The van der Waals surface area contributed by atoms with Crippen LogP contribution < -0.4 is 4.74 Å². The molecule has 0 aliphatic heterocycles. The maximum Gasteiger partial charge on any atom is 0.379 e. The maximum atomic E-state index is 11.9. The number of hydrogen-bond donors (Lipinski definition) is 0. The van der Waals surface area contributed by atoms with Crippen LogP contribution in [0.2, 0.25) is 5.02 Å². The number of rotatable bonds is 4. The Kier molecular flexibility index (Phi) is 4.73. The third-order valence-electron chi connectivity index (χ3n) is 2.53. The molecule has 0 atom stereocenters. The van der Waals surface area contributed by atoms with Gasteiger partial charge < -0.3 is 9.47 Å². The molecule has 98 valence electrons. The minimum atomic E-state index is -0.892. The molecule has 0 amide bonds. The highest BCUT2D eigenvalue weighted by Gasteiger charge is 2.24. The molecule has 0 spiro atoms. The molecule has 0 fully saturated rings. The minimum Gasteiger partial charge on any atom is -0.496 e. The first-order valence-electron chi connectivity index (χ1n) is 5.49. The van der Waals surface area contributed by atoms with Gasteiger partial charge in [0, 0.05) is 5.56 Å². The van der Waals surface area contributed by atoms with E-state index in [2.05, 4.69) is 0 Å². The van der Waals surface area contributed by atoms with Gasteiger partial charge in [-0.15, -0.1) is 0 Å². The van der Waals surface area contributed by atoms with Crippen LogP contribution in [-0.4, -0.2) is 25.5 Å². The molecule has 0 aliphatic carbocycles. The van der Waals surface area contributed by atoms with Crippen molar-refractivity contribution in [2.75, 3.05) is 13.7 Å². The predicted octanol–water partition coefficient (Wildman–Crippen LogP) is 2.71. The maximum absolute atomic E-state index is 11.9. The monoisotopic (exact) mass is 270 g/mol. The number of ketones is 1. The quantitative estimate of drug-likeness (QED) is 0.480. The van der Waals surface area contributed by atoms with Gasteiger partial charge in [-0.1, -0.05) is 11.6 Å². The first kappa shape index (κ1) is 14.5. The van der Waals surface area contributed by atoms with E-state index in [1.54, 1.807) is 20.8 Å². The average molecular weight is 271 g/mol. The average Bonchev–Trinajstić information content (AvgIpc) is 2.35. The van der Waals surface area contributed by atoms with Crippen LogP contribution in [0.3, 0.4) is 0 Å². The minimum absolute atomic E-state index is 0.151. The molecule has 0 saturated heterocycles. The van der Waals surface area contributed by atoms with Gasteiger partial charge in [-0.3, -0.25) is 4.79 Å². The second-order valence-electron chi connectivity index (χ2n) is 3.76. The van der Waals surface area contributed by atoms with Crippen molar-refractivity contribution < 1.29 is 19.1 Å². The van der Waals surface area contributed by atoms with E-state index in [0.29, 0.717) is 21.9 Å². The number of methoxy groups -OCH3 is 1. The second kappa shape index (κ2) is 5.87. The second-order valence-corrected chi connectivity index (χ2v) is 4.14. The van der Waals surface area contributed by atoms with Gasteiger partial charge in [-0.2, -0.15) is 0 Å². The molecule has 1 rings (SSSR count). The third kappa shape index (κ3) is 2.64. The van der Waals surface area contributed by atoms with Crippen LogP contribution in [0.1, 0.15) is 28.4 Å². The molecular weight excluding hydrogens is 256 g/mol. The van der Waals surface area contributed by atoms with Gasteiger partial charge in [-0.25, -0.2) is 4.79 Å². The Labute approximate surface area is 111 Å². The van der Waals surface area contributed by atoms with Crippen LogP contribution in [0.15, 0.2) is 6.07 Å². The van der Waals surface area contributed by atoms with Crippen molar-refractivity contribution in [2.24, 2.45) is 0 Å². The van der Waals surface area contributed by atoms with Crippen LogP contribution in [0.4, 0.5) is 0 Å². The van der Waals surface area contributed by atoms with Crippen molar-refractivity contribution in [1.82, 2.24) is 0 Å². The summed E-state index contributed by atoms with van der Waals surface area (Å²) in [6.45, 7) is 5.28. The standard InChI is InChI=1S/C13H15ClO4/c1-5-18-13(16)11(15)9-6-7(2)10(14)8(3)12(9)17-4/h6H,5H2,1-4H3. The molecule has 0 heterocycles. The highest BCUT2D eigenvalue weighted by Crippen LogP contribution is 2.33. The van der Waals surface area contributed by atoms with E-state index < -0.39 is 11.8 Å². The smallest absolute Gasteiger partial charge is 0.379 e. The zero-order chi connectivity index (χ0) is 13.9. The summed E-state index contributed by atoms with van der Waals surface area (Å²) in [4.78, 5) is 23.4. The van der Waals surface area contributed by atoms with Crippen LogP contribution in [0.25, 0.3) is 0 Å². The van der Waals surface area contributed by atoms with E-state index in [1.165, 1.54) is 13.2 Å². The summed E-state index contributed by atoms with van der Waals surface area (Å²) in [7, 11) is 1.43. The highest BCUT2D eigenvalue weighted by atomic mass is 35.5. The number of ether oxygens (including phenoxy) is 2. The number of carbonyl (C=O) groups is 2. The van der Waals surface area contributed by atoms with Gasteiger partial charge in [-0.05, 0) is 32.4 Å². The van der Waals surface area contributed by atoms with Crippen molar-refractivity contribution >= 4 is 23.4 Å². The van der Waals surface area contributed by atoms with Gasteiger partial charge in [0.15, 0.2) is 0 Å². The number of hydrogen-bond acceptors (Lipinski definition) is 4. The lowest BCUT2D eigenvalue weighted by Crippen LogP contribution is -2.19. The van der Waals surface area contributed by atoms with E-state index in [4.69, 9.17) is 21.1 Å². The summed E-state index contributed by atoms with van der Waals surface area (Å²) < 4.78 is 9.84. The van der Waals surface area contributed by atoms with E-state index >= 15 is 0 Å². The zero-order valence-corrected chi connectivity index (χ0v) is 11.6. The Morgan fingerprint density at radius 3 is 2.44 bits per heavy atom. The van der Waals surface area contributed by atoms with E-state index in [0.717, 1.165) is 0 Å². The highest BCUT2D eigenvalue weighted by molar-refractivity contribution is 6.42. The molecule has 1 aromatic rings. The topological polar surface area (TPSA) is 52.6 Å². The lowest BCUT2D eigenvalue weighted by atomic mass is 10.0. The number of aryl methyl sites for hydroxylation is 1. The van der Waals surface area contributed by atoms with E-state index in [9.17, 15) is 9.59 Å². The van der Waals surface area contributed by atoms with Gasteiger partial charge in [0.25, 0.3) is 5.78 Å². The molecule has 0 aliphatic rings. The molecule has 0 unspecified atom stereocenters. The molecule has 1 aromatic carbocycles. The third-order valence-corrected chi connectivity index (χ3v) is 3.11. The number of Topliss-reactive ketones (excluding diaryl/α,β-unsaturated/α-hetero) is 1. The molecule has 5 heteroatoms. The van der Waals surface area contributed by atoms with Gasteiger partial charge >= 0.3 is 5.97 Å². The predicted molar refractivity (Wildman–Crippen MR) is 68.4 cm³/mol. The Morgan fingerprint density at radius 1 is 1.33 bits per heavy atom. The van der Waals surface area contributed by atoms with E-state index in [1.807, 2.05) is 0 Å². The molecule has 0 aromatic heterocycles. The van der Waals surface area contributed by atoms with Crippen molar-refractivity contribution in [1.29, 1.82) is 0 Å². The summed E-state index contributed by atoms with van der Waals surface area (Å²) in [5, 5.41) is 0.521. The lowest BCUT2D eigenvalue weighted by Gasteiger charge is -2.13. The fraction of sp³-hybridized carbons (Fsp3) is 0.385. The summed E-state index contributed by atoms with van der Waals surface area (Å²) in [5.41, 5.74) is 1.52. The van der Waals surface area contributed by atoms with E-state index in [-0.39, 0.29) is 12.2 Å². The fourth-order valence-electron chi connectivity index (χ4n) is 1.68.